The van der Waals surface area contributed by atoms with E-state index < -0.39 is 28.7 Å². The highest BCUT2D eigenvalue weighted by Crippen LogP contribution is 2.42. The molecule has 1 aliphatic carbocycles. The fourth-order valence-electron chi connectivity index (χ4n) is 6.51. The van der Waals surface area contributed by atoms with E-state index in [-0.39, 0.29) is 29.2 Å². The van der Waals surface area contributed by atoms with Crippen molar-refractivity contribution in [3.8, 4) is 5.75 Å². The Labute approximate surface area is 256 Å². The van der Waals surface area contributed by atoms with Crippen LogP contribution in [-0.2, 0) is 23.1 Å². The van der Waals surface area contributed by atoms with Crippen LogP contribution in [0.2, 0.25) is 5.02 Å². The number of hydrogen-bond donors (Lipinski definition) is 2. The number of benzene rings is 2. The van der Waals surface area contributed by atoms with Gasteiger partial charge in [-0.15, -0.1) is 0 Å². The number of nitrogens with zero attached hydrogens (tertiary/aromatic N) is 1. The SMILES string of the molecule is O=C1NS(=O)(=O)CCCCC[C@@H](NCC(F)(F)F)[C@@H]2CC[C@H]2CN2CCCCc3cc(Cl)ccc3COc3ccc1cc32. The minimum Gasteiger partial charge on any atom is -0.487 e. The van der Waals surface area contributed by atoms with Gasteiger partial charge in [0, 0.05) is 29.7 Å². The molecule has 0 aromatic heterocycles. The Bertz CT molecular complexity index is 1410. The number of fused-ring (bicyclic) bond motifs is 3. The number of hydrogen-bond acceptors (Lipinski definition) is 6. The molecule has 3 atom stereocenters. The van der Waals surface area contributed by atoms with E-state index in [1.807, 2.05) is 18.2 Å². The second-order valence-electron chi connectivity index (χ2n) is 12.0. The molecular weight excluding hydrogens is 603 g/mol. The van der Waals surface area contributed by atoms with Gasteiger partial charge in [-0.2, -0.15) is 13.2 Å². The molecule has 2 aromatic carbocycles. The van der Waals surface area contributed by atoms with Crippen molar-refractivity contribution in [1.29, 1.82) is 0 Å². The minimum atomic E-state index is -4.31. The molecule has 0 saturated heterocycles. The normalized spacial score (nSPS) is 25.2. The molecule has 1 amide bonds. The fraction of sp³-hybridized carbons (Fsp3) is 0.581. The average molecular weight is 642 g/mol. The molecule has 2 heterocycles. The first-order valence-electron chi connectivity index (χ1n) is 15.1. The average Bonchev–Trinajstić information content (AvgIpc) is 2.95. The van der Waals surface area contributed by atoms with Crippen LogP contribution in [0.25, 0.3) is 0 Å². The third kappa shape index (κ3) is 8.57. The van der Waals surface area contributed by atoms with Crippen LogP contribution in [-0.4, -0.2) is 51.9 Å². The molecule has 5 rings (SSSR count). The number of carbonyl (C=O) groups excluding carboxylic acids is 1. The van der Waals surface area contributed by atoms with Crippen molar-refractivity contribution in [2.24, 2.45) is 11.8 Å². The maximum absolute atomic E-state index is 13.2. The van der Waals surface area contributed by atoms with Crippen LogP contribution < -0.4 is 19.7 Å². The number of rotatable bonds is 2. The molecule has 1 saturated carbocycles. The molecule has 43 heavy (non-hydrogen) atoms. The molecule has 236 valence electrons. The number of anilines is 1. The molecule has 0 spiro atoms. The maximum Gasteiger partial charge on any atom is 0.401 e. The summed E-state index contributed by atoms with van der Waals surface area (Å²) in [7, 11) is -3.88. The predicted molar refractivity (Wildman–Crippen MR) is 161 cm³/mol. The summed E-state index contributed by atoms with van der Waals surface area (Å²) in [5.41, 5.74) is 3.02. The summed E-state index contributed by atoms with van der Waals surface area (Å²) < 4.78 is 73.5. The second-order valence-corrected chi connectivity index (χ2v) is 14.3. The van der Waals surface area contributed by atoms with Gasteiger partial charge in [-0.05, 0) is 98.2 Å². The maximum atomic E-state index is 13.2. The van der Waals surface area contributed by atoms with E-state index in [4.69, 9.17) is 16.3 Å². The molecule has 2 bridgehead atoms. The van der Waals surface area contributed by atoms with Crippen LogP contribution in [0.1, 0.15) is 72.9 Å². The van der Waals surface area contributed by atoms with Crippen molar-refractivity contribution in [1.82, 2.24) is 10.0 Å². The van der Waals surface area contributed by atoms with Gasteiger partial charge >= 0.3 is 6.18 Å². The van der Waals surface area contributed by atoms with Crippen LogP contribution in [0.15, 0.2) is 36.4 Å². The molecule has 7 nitrogen and oxygen atoms in total. The minimum absolute atomic E-state index is 0.0689. The monoisotopic (exact) mass is 641 g/mol. The van der Waals surface area contributed by atoms with Gasteiger partial charge in [0.2, 0.25) is 10.0 Å². The zero-order chi connectivity index (χ0) is 30.6. The van der Waals surface area contributed by atoms with E-state index >= 15 is 0 Å². The largest absolute Gasteiger partial charge is 0.487 e. The number of sulfonamides is 1. The number of amides is 1. The summed E-state index contributed by atoms with van der Waals surface area (Å²) in [6, 6.07) is 10.4. The first-order chi connectivity index (χ1) is 20.5. The highest BCUT2D eigenvalue weighted by atomic mass is 35.5. The van der Waals surface area contributed by atoms with E-state index in [0.29, 0.717) is 61.8 Å². The van der Waals surface area contributed by atoms with E-state index in [1.165, 1.54) is 0 Å². The van der Waals surface area contributed by atoms with Gasteiger partial charge < -0.3 is 15.0 Å². The van der Waals surface area contributed by atoms with Crippen molar-refractivity contribution < 1.29 is 31.1 Å². The van der Waals surface area contributed by atoms with Gasteiger partial charge in [-0.25, -0.2) is 13.1 Å². The molecular formula is C31H39ClF3N3O4S. The van der Waals surface area contributed by atoms with Crippen molar-refractivity contribution >= 4 is 33.2 Å². The molecule has 0 unspecified atom stereocenters. The van der Waals surface area contributed by atoms with Gasteiger partial charge in [0.1, 0.15) is 12.4 Å². The summed E-state index contributed by atoms with van der Waals surface area (Å²) in [5.74, 6) is -0.118. The Morgan fingerprint density at radius 2 is 1.84 bits per heavy atom. The van der Waals surface area contributed by atoms with Crippen LogP contribution in [0, 0.1) is 11.8 Å². The van der Waals surface area contributed by atoms with Crippen LogP contribution in [0.4, 0.5) is 18.9 Å². The highest BCUT2D eigenvalue weighted by Gasteiger charge is 2.39. The molecule has 1 fully saturated rings. The number of nitrogens with one attached hydrogen (secondary N) is 2. The number of halogens is 4. The van der Waals surface area contributed by atoms with Crippen molar-refractivity contribution in [2.75, 3.05) is 30.3 Å². The topological polar surface area (TPSA) is 87.7 Å². The zero-order valence-corrected chi connectivity index (χ0v) is 25.7. The Balaban J connectivity index is 1.49. The Morgan fingerprint density at radius 3 is 2.60 bits per heavy atom. The molecule has 0 radical (unpaired) electrons. The van der Waals surface area contributed by atoms with Crippen LogP contribution in [0.3, 0.4) is 0 Å². The quantitative estimate of drug-likeness (QED) is 0.404. The van der Waals surface area contributed by atoms with Gasteiger partial charge in [0.15, 0.2) is 0 Å². The van der Waals surface area contributed by atoms with E-state index in [0.717, 1.165) is 43.2 Å². The smallest absolute Gasteiger partial charge is 0.401 e. The van der Waals surface area contributed by atoms with Crippen LogP contribution in [0.5, 0.6) is 5.75 Å². The lowest BCUT2D eigenvalue weighted by molar-refractivity contribution is -0.128. The zero-order valence-electron chi connectivity index (χ0n) is 24.1. The summed E-state index contributed by atoms with van der Waals surface area (Å²) in [6.45, 7) is 0.505. The Morgan fingerprint density at radius 1 is 1.00 bits per heavy atom. The standard InChI is InChI=1S/C31H39ClF3N3O4S/c32-25-11-8-24-19-42-29-13-10-22-17-28(29)38(14-4-3-6-21(24)16-25)18-23-9-12-26(23)27(36-20-31(33,34)35)7-2-1-5-15-43(40,41)37-30(22)39/h8,10-11,13,16-17,23,26-27,36H,1-7,9,12,14-15,18-20H2,(H,37,39)/t23-,26+,27+/m0/s1. The van der Waals surface area contributed by atoms with Crippen molar-refractivity contribution in [3.05, 3.63) is 58.1 Å². The van der Waals surface area contributed by atoms with E-state index in [1.54, 1.807) is 18.2 Å². The third-order valence-corrected chi connectivity index (χ3v) is 10.5. The lowest BCUT2D eigenvalue weighted by Gasteiger charge is -2.45. The number of ether oxygens (including phenoxy) is 1. The molecule has 2 N–H and O–H groups in total. The molecule has 2 aliphatic heterocycles. The number of aryl methyl sites for hydroxylation is 1. The second kappa shape index (κ2) is 13.6. The first-order valence-corrected chi connectivity index (χ1v) is 17.1. The van der Waals surface area contributed by atoms with Gasteiger partial charge in [0.25, 0.3) is 5.91 Å². The molecule has 3 aliphatic rings. The van der Waals surface area contributed by atoms with E-state index in [2.05, 4.69) is 14.9 Å². The van der Waals surface area contributed by atoms with Gasteiger partial charge in [-0.1, -0.05) is 30.5 Å². The van der Waals surface area contributed by atoms with Gasteiger partial charge in [0.05, 0.1) is 18.0 Å². The van der Waals surface area contributed by atoms with Crippen LogP contribution >= 0.6 is 11.6 Å². The summed E-state index contributed by atoms with van der Waals surface area (Å²) >= 11 is 6.28. The fourth-order valence-corrected chi connectivity index (χ4v) is 7.79. The molecule has 2 aromatic rings. The predicted octanol–water partition coefficient (Wildman–Crippen LogP) is 6.24. The lowest BCUT2D eigenvalue weighted by atomic mass is 9.68. The van der Waals surface area contributed by atoms with Crippen molar-refractivity contribution in [2.45, 2.75) is 76.6 Å². The Hall–Kier alpha value is -2.50. The first kappa shape index (κ1) is 31.9. The summed E-state index contributed by atoms with van der Waals surface area (Å²) in [5, 5.41) is 3.45. The molecule has 12 heteroatoms. The summed E-state index contributed by atoms with van der Waals surface area (Å²) in [6.07, 6.45) is 1.99. The third-order valence-electron chi connectivity index (χ3n) is 8.93. The van der Waals surface area contributed by atoms with Gasteiger partial charge in [-0.3, -0.25) is 4.79 Å². The Kier molecular flexibility index (Phi) is 10.1. The summed E-state index contributed by atoms with van der Waals surface area (Å²) in [4.78, 5) is 15.3. The number of carbonyl (C=O) groups is 1. The van der Waals surface area contributed by atoms with E-state index in [9.17, 15) is 26.4 Å². The number of alkyl halides is 3. The van der Waals surface area contributed by atoms with Crippen molar-refractivity contribution in [3.63, 3.8) is 0 Å². The highest BCUT2D eigenvalue weighted by molar-refractivity contribution is 7.90. The lowest BCUT2D eigenvalue weighted by Crippen LogP contribution is -2.50.